The minimum Gasteiger partial charge on any atom is -0.347 e. The van der Waals surface area contributed by atoms with Crippen LogP contribution in [0.3, 0.4) is 0 Å². The molecule has 2 fully saturated rings. The lowest BCUT2D eigenvalue weighted by Gasteiger charge is -2.35. The standard InChI is InChI=1S/C18H21Cl2N3O3/c1-9(2)6-13-18(26)23-8-10(7-14(23)16(24)22-13)21-17(25)15-11(19)4-3-5-12(15)20/h3-5,9-10,13-14H,6-8H2,1-2H3,(H,21,25)(H,22,24)/t10-,13-,14-/m0/s1. The first-order chi connectivity index (χ1) is 12.3. The Labute approximate surface area is 162 Å². The summed E-state index contributed by atoms with van der Waals surface area (Å²) in [5.74, 6) is -0.364. The number of nitrogens with zero attached hydrogens (tertiary/aromatic N) is 1. The maximum atomic E-state index is 12.7. The number of piperazine rings is 1. The summed E-state index contributed by atoms with van der Waals surface area (Å²) >= 11 is 12.1. The first-order valence-corrected chi connectivity index (χ1v) is 9.39. The maximum absolute atomic E-state index is 12.7. The fourth-order valence-corrected chi connectivity index (χ4v) is 4.14. The second kappa shape index (κ2) is 7.45. The van der Waals surface area contributed by atoms with Gasteiger partial charge < -0.3 is 15.5 Å². The van der Waals surface area contributed by atoms with Gasteiger partial charge in [0.2, 0.25) is 11.8 Å². The van der Waals surface area contributed by atoms with Crippen LogP contribution in [0.25, 0.3) is 0 Å². The van der Waals surface area contributed by atoms with Crippen LogP contribution in [0.1, 0.15) is 37.0 Å². The van der Waals surface area contributed by atoms with Gasteiger partial charge in [-0.05, 0) is 30.9 Å². The summed E-state index contributed by atoms with van der Waals surface area (Å²) in [6.45, 7) is 4.32. The Balaban J connectivity index is 1.71. The number of hydrogen-bond donors (Lipinski definition) is 2. The smallest absolute Gasteiger partial charge is 0.254 e. The van der Waals surface area contributed by atoms with Gasteiger partial charge in [-0.2, -0.15) is 0 Å². The number of fused-ring (bicyclic) bond motifs is 1. The molecule has 3 amide bonds. The van der Waals surface area contributed by atoms with Crippen LogP contribution in [0.5, 0.6) is 0 Å². The molecule has 0 aliphatic carbocycles. The van der Waals surface area contributed by atoms with E-state index in [-0.39, 0.29) is 33.5 Å². The molecule has 0 spiro atoms. The molecule has 0 unspecified atom stereocenters. The van der Waals surface area contributed by atoms with Crippen molar-refractivity contribution in [3.8, 4) is 0 Å². The van der Waals surface area contributed by atoms with Gasteiger partial charge >= 0.3 is 0 Å². The first kappa shape index (κ1) is 19.0. The number of nitrogens with one attached hydrogen (secondary N) is 2. The van der Waals surface area contributed by atoms with E-state index >= 15 is 0 Å². The quantitative estimate of drug-likeness (QED) is 0.817. The molecule has 2 aliphatic heterocycles. The van der Waals surface area contributed by atoms with Crippen molar-refractivity contribution in [2.75, 3.05) is 6.54 Å². The third-order valence-corrected chi connectivity index (χ3v) is 5.36. The topological polar surface area (TPSA) is 78.5 Å². The van der Waals surface area contributed by atoms with Crippen molar-refractivity contribution in [1.29, 1.82) is 0 Å². The summed E-state index contributed by atoms with van der Waals surface area (Å²) < 4.78 is 0. The molecule has 26 heavy (non-hydrogen) atoms. The summed E-state index contributed by atoms with van der Waals surface area (Å²) in [4.78, 5) is 39.1. The summed E-state index contributed by atoms with van der Waals surface area (Å²) in [6.07, 6.45) is 0.972. The molecule has 2 N–H and O–H groups in total. The zero-order valence-electron chi connectivity index (χ0n) is 14.6. The van der Waals surface area contributed by atoms with Crippen molar-refractivity contribution in [3.63, 3.8) is 0 Å². The highest BCUT2D eigenvalue weighted by atomic mass is 35.5. The summed E-state index contributed by atoms with van der Waals surface area (Å²) in [5.41, 5.74) is 0.203. The lowest BCUT2D eigenvalue weighted by molar-refractivity contribution is -0.147. The fraction of sp³-hybridized carbons (Fsp3) is 0.500. The largest absolute Gasteiger partial charge is 0.347 e. The third kappa shape index (κ3) is 3.67. The number of carbonyl (C=O) groups excluding carboxylic acids is 3. The molecule has 2 heterocycles. The molecule has 0 aromatic heterocycles. The Morgan fingerprint density at radius 3 is 2.58 bits per heavy atom. The minimum atomic E-state index is -0.544. The molecule has 3 rings (SSSR count). The van der Waals surface area contributed by atoms with Gasteiger partial charge in [-0.15, -0.1) is 0 Å². The number of hydrogen-bond acceptors (Lipinski definition) is 3. The van der Waals surface area contributed by atoms with E-state index in [2.05, 4.69) is 10.6 Å². The minimum absolute atomic E-state index is 0.0872. The van der Waals surface area contributed by atoms with Crippen LogP contribution in [-0.2, 0) is 9.59 Å². The molecule has 1 aromatic rings. The number of benzene rings is 1. The van der Waals surface area contributed by atoms with Gasteiger partial charge in [-0.1, -0.05) is 43.1 Å². The van der Waals surface area contributed by atoms with Crippen molar-refractivity contribution in [2.24, 2.45) is 5.92 Å². The van der Waals surface area contributed by atoms with E-state index in [4.69, 9.17) is 23.2 Å². The Morgan fingerprint density at radius 2 is 1.96 bits per heavy atom. The van der Waals surface area contributed by atoms with Crippen molar-refractivity contribution in [1.82, 2.24) is 15.5 Å². The summed E-state index contributed by atoms with van der Waals surface area (Å²) in [6, 6.07) is 3.48. The zero-order chi connectivity index (χ0) is 19.0. The SMILES string of the molecule is CC(C)C[C@@H]1NC(=O)[C@@H]2C[C@H](NC(=O)c3c(Cl)cccc3Cl)CN2C1=O. The summed E-state index contributed by atoms with van der Waals surface area (Å²) in [5, 5.41) is 6.18. The van der Waals surface area contributed by atoms with Crippen LogP contribution in [-0.4, -0.2) is 47.3 Å². The molecule has 3 atom stereocenters. The highest BCUT2D eigenvalue weighted by Gasteiger charge is 2.46. The number of halogens is 2. The molecular weight excluding hydrogens is 377 g/mol. The average Bonchev–Trinajstić information content (AvgIpc) is 2.96. The molecule has 2 aliphatic rings. The normalized spacial score (nSPS) is 25.3. The van der Waals surface area contributed by atoms with Crippen molar-refractivity contribution in [3.05, 3.63) is 33.8 Å². The monoisotopic (exact) mass is 397 g/mol. The van der Waals surface area contributed by atoms with E-state index in [0.717, 1.165) is 0 Å². The Kier molecular flexibility index (Phi) is 5.44. The number of rotatable bonds is 4. The van der Waals surface area contributed by atoms with E-state index in [9.17, 15) is 14.4 Å². The Hall–Kier alpha value is -1.79. The second-order valence-corrected chi connectivity index (χ2v) is 8.01. The van der Waals surface area contributed by atoms with E-state index in [1.165, 1.54) is 0 Å². The van der Waals surface area contributed by atoms with Crippen molar-refractivity contribution >= 4 is 40.9 Å². The van der Waals surface area contributed by atoms with Gasteiger partial charge in [-0.3, -0.25) is 14.4 Å². The summed E-state index contributed by atoms with van der Waals surface area (Å²) in [7, 11) is 0. The molecular formula is C18H21Cl2N3O3. The van der Waals surface area contributed by atoms with Crippen molar-refractivity contribution in [2.45, 2.75) is 44.8 Å². The van der Waals surface area contributed by atoms with Crippen molar-refractivity contribution < 1.29 is 14.4 Å². The van der Waals surface area contributed by atoms with Gasteiger partial charge in [0.1, 0.15) is 12.1 Å². The molecule has 0 saturated carbocycles. The Morgan fingerprint density at radius 1 is 1.31 bits per heavy atom. The molecule has 1 aromatic carbocycles. The molecule has 2 saturated heterocycles. The van der Waals surface area contributed by atoms with Crippen LogP contribution < -0.4 is 10.6 Å². The molecule has 0 radical (unpaired) electrons. The van der Waals surface area contributed by atoms with Gasteiger partial charge in [0.05, 0.1) is 15.6 Å². The van der Waals surface area contributed by atoms with Crippen LogP contribution in [0.2, 0.25) is 10.0 Å². The van der Waals surface area contributed by atoms with Crippen LogP contribution in [0.15, 0.2) is 18.2 Å². The van der Waals surface area contributed by atoms with Crippen LogP contribution >= 0.6 is 23.2 Å². The van der Waals surface area contributed by atoms with Crippen LogP contribution in [0, 0.1) is 5.92 Å². The predicted molar refractivity (Wildman–Crippen MR) is 99.2 cm³/mol. The number of amides is 3. The van der Waals surface area contributed by atoms with Gasteiger partial charge in [-0.25, -0.2) is 0 Å². The molecule has 6 nitrogen and oxygen atoms in total. The predicted octanol–water partition coefficient (Wildman–Crippen LogP) is 2.24. The van der Waals surface area contributed by atoms with E-state index in [1.54, 1.807) is 23.1 Å². The van der Waals surface area contributed by atoms with Gasteiger partial charge in [0.25, 0.3) is 5.91 Å². The fourth-order valence-electron chi connectivity index (χ4n) is 3.57. The average molecular weight is 398 g/mol. The zero-order valence-corrected chi connectivity index (χ0v) is 16.1. The lowest BCUT2D eigenvalue weighted by atomic mass is 9.99. The molecule has 8 heteroatoms. The van der Waals surface area contributed by atoms with Crippen LogP contribution in [0.4, 0.5) is 0 Å². The molecule has 140 valence electrons. The lowest BCUT2D eigenvalue weighted by Crippen LogP contribution is -2.61. The number of carbonyl (C=O) groups is 3. The Bertz CT molecular complexity index is 733. The first-order valence-electron chi connectivity index (χ1n) is 8.63. The van der Waals surface area contributed by atoms with E-state index in [1.807, 2.05) is 13.8 Å². The highest BCUT2D eigenvalue weighted by molar-refractivity contribution is 6.39. The van der Waals surface area contributed by atoms with Gasteiger partial charge in [0.15, 0.2) is 0 Å². The van der Waals surface area contributed by atoms with Gasteiger partial charge in [0, 0.05) is 12.6 Å². The van der Waals surface area contributed by atoms with E-state index < -0.39 is 18.0 Å². The third-order valence-electron chi connectivity index (χ3n) is 4.73. The van der Waals surface area contributed by atoms with E-state index in [0.29, 0.717) is 25.3 Å². The second-order valence-electron chi connectivity index (χ2n) is 7.20. The molecule has 0 bridgehead atoms. The maximum Gasteiger partial charge on any atom is 0.254 e. The highest BCUT2D eigenvalue weighted by Crippen LogP contribution is 2.27.